The predicted molar refractivity (Wildman–Crippen MR) is 97.9 cm³/mol. The molecule has 0 aliphatic carbocycles. The number of amides is 1. The highest BCUT2D eigenvalue weighted by atomic mass is 32.2. The van der Waals surface area contributed by atoms with Gasteiger partial charge in [-0.2, -0.15) is 0 Å². The van der Waals surface area contributed by atoms with Crippen LogP contribution < -0.4 is 10.5 Å². The van der Waals surface area contributed by atoms with Gasteiger partial charge in [-0.3, -0.25) is 9.36 Å². The van der Waals surface area contributed by atoms with Crippen molar-refractivity contribution in [2.24, 2.45) is 5.73 Å². The van der Waals surface area contributed by atoms with Gasteiger partial charge in [0.05, 0.1) is 17.9 Å². The number of rotatable bonds is 7. The highest BCUT2D eigenvalue weighted by Crippen LogP contribution is 2.33. The fourth-order valence-electron chi connectivity index (χ4n) is 2.42. The molecule has 0 aliphatic heterocycles. The fourth-order valence-corrected chi connectivity index (χ4v) is 3.11. The first-order valence-corrected chi connectivity index (χ1v) is 8.83. The number of carbonyl (C=O) groups is 1. The van der Waals surface area contributed by atoms with Crippen molar-refractivity contribution < 1.29 is 9.53 Å². The Hall–Kier alpha value is -2.80. The number of nitrogens with zero attached hydrogens (tertiary/aromatic N) is 3. The number of benzene rings is 2. The highest BCUT2D eigenvalue weighted by Gasteiger charge is 2.19. The minimum absolute atomic E-state index is 0.137. The zero-order valence-corrected chi connectivity index (χ0v) is 14.6. The third kappa shape index (κ3) is 3.83. The minimum Gasteiger partial charge on any atom is -0.493 e. The Balaban J connectivity index is 2.13. The van der Waals surface area contributed by atoms with Crippen LogP contribution in [0, 0.1) is 0 Å². The average molecular weight is 354 g/mol. The van der Waals surface area contributed by atoms with Gasteiger partial charge in [-0.05, 0) is 31.2 Å². The first kappa shape index (κ1) is 17.0. The summed E-state index contributed by atoms with van der Waals surface area (Å²) in [5.74, 6) is 1.13. The summed E-state index contributed by atoms with van der Waals surface area (Å²) in [6, 6.07) is 17.4. The summed E-state index contributed by atoms with van der Waals surface area (Å²) in [5, 5.41) is 9.20. The van der Waals surface area contributed by atoms with Gasteiger partial charge in [0.15, 0.2) is 11.0 Å². The van der Waals surface area contributed by atoms with Gasteiger partial charge in [-0.15, -0.1) is 10.2 Å². The molecule has 0 atom stereocenters. The largest absolute Gasteiger partial charge is 0.493 e. The van der Waals surface area contributed by atoms with Crippen molar-refractivity contribution in [2.45, 2.75) is 12.1 Å². The molecule has 1 heterocycles. The molecule has 0 fully saturated rings. The van der Waals surface area contributed by atoms with E-state index in [-0.39, 0.29) is 5.75 Å². The van der Waals surface area contributed by atoms with E-state index in [1.54, 1.807) is 0 Å². The fraction of sp³-hybridized carbons (Fsp3) is 0.167. The van der Waals surface area contributed by atoms with Crippen LogP contribution in [-0.2, 0) is 4.79 Å². The van der Waals surface area contributed by atoms with Crippen LogP contribution in [0.1, 0.15) is 6.92 Å². The zero-order chi connectivity index (χ0) is 17.6. The summed E-state index contributed by atoms with van der Waals surface area (Å²) in [6.45, 7) is 2.49. The Morgan fingerprint density at radius 3 is 2.56 bits per heavy atom. The zero-order valence-electron chi connectivity index (χ0n) is 13.8. The molecule has 1 aromatic heterocycles. The third-order valence-corrected chi connectivity index (χ3v) is 4.37. The van der Waals surface area contributed by atoms with Crippen LogP contribution in [0.15, 0.2) is 59.8 Å². The van der Waals surface area contributed by atoms with Crippen LogP contribution in [-0.4, -0.2) is 33.0 Å². The monoisotopic (exact) mass is 354 g/mol. The van der Waals surface area contributed by atoms with Crippen LogP contribution in [0.5, 0.6) is 5.75 Å². The predicted octanol–water partition coefficient (Wildman–Crippen LogP) is 2.91. The van der Waals surface area contributed by atoms with Crippen molar-refractivity contribution in [3.8, 4) is 22.8 Å². The number of primary amides is 1. The number of aromatic nitrogens is 3. The molecule has 0 aliphatic rings. The third-order valence-electron chi connectivity index (χ3n) is 3.42. The molecule has 0 spiro atoms. The number of thioether (sulfide) groups is 1. The maximum absolute atomic E-state index is 11.2. The molecular formula is C18H18N4O2S. The van der Waals surface area contributed by atoms with Crippen LogP contribution >= 0.6 is 11.8 Å². The van der Waals surface area contributed by atoms with Crippen LogP contribution in [0.4, 0.5) is 0 Å². The molecule has 0 saturated heterocycles. The Morgan fingerprint density at radius 1 is 1.12 bits per heavy atom. The lowest BCUT2D eigenvalue weighted by Crippen LogP contribution is -2.13. The lowest BCUT2D eigenvalue weighted by molar-refractivity contribution is -0.115. The molecule has 3 aromatic rings. The Bertz CT molecular complexity index is 865. The van der Waals surface area contributed by atoms with Crippen LogP contribution in [0.2, 0.25) is 0 Å². The van der Waals surface area contributed by atoms with Gasteiger partial charge < -0.3 is 10.5 Å². The number of hydrogen-bond donors (Lipinski definition) is 1. The van der Waals surface area contributed by atoms with Crippen LogP contribution in [0.3, 0.4) is 0 Å². The van der Waals surface area contributed by atoms with E-state index in [1.807, 2.05) is 66.1 Å². The highest BCUT2D eigenvalue weighted by molar-refractivity contribution is 7.99. The topological polar surface area (TPSA) is 83.0 Å². The van der Waals surface area contributed by atoms with Gasteiger partial charge in [-0.1, -0.05) is 42.1 Å². The van der Waals surface area contributed by atoms with E-state index in [1.165, 1.54) is 11.8 Å². The number of hydrogen-bond acceptors (Lipinski definition) is 5. The van der Waals surface area contributed by atoms with E-state index in [2.05, 4.69) is 10.2 Å². The molecule has 2 aromatic carbocycles. The number of para-hydroxylation sites is 2. The van der Waals surface area contributed by atoms with Gasteiger partial charge in [0.2, 0.25) is 5.91 Å². The van der Waals surface area contributed by atoms with Gasteiger partial charge in [0, 0.05) is 5.69 Å². The maximum atomic E-state index is 11.2. The van der Waals surface area contributed by atoms with E-state index in [0.717, 1.165) is 17.0 Å². The standard InChI is InChI=1S/C18H18N4O2S/c1-2-24-15-11-7-6-10-14(15)17-20-21-18(25-12-16(19)23)22(17)13-8-4-3-5-9-13/h3-11H,2,12H2,1H3,(H2,19,23). The molecule has 0 saturated carbocycles. The van der Waals surface area contributed by atoms with Crippen molar-refractivity contribution in [3.63, 3.8) is 0 Å². The summed E-state index contributed by atoms with van der Waals surface area (Å²) in [7, 11) is 0. The quantitative estimate of drug-likeness (QED) is 0.660. The van der Waals surface area contributed by atoms with Crippen molar-refractivity contribution in [3.05, 3.63) is 54.6 Å². The first-order chi connectivity index (χ1) is 12.2. The molecule has 3 rings (SSSR count). The maximum Gasteiger partial charge on any atom is 0.227 e. The lowest BCUT2D eigenvalue weighted by Gasteiger charge is -2.12. The molecule has 128 valence electrons. The smallest absolute Gasteiger partial charge is 0.227 e. The molecule has 25 heavy (non-hydrogen) atoms. The van der Waals surface area contributed by atoms with Gasteiger partial charge >= 0.3 is 0 Å². The average Bonchev–Trinajstić information content (AvgIpc) is 3.05. The Kier molecular flexibility index (Phi) is 5.35. The van der Waals surface area contributed by atoms with E-state index in [0.29, 0.717) is 17.6 Å². The van der Waals surface area contributed by atoms with E-state index in [4.69, 9.17) is 10.5 Å². The second-order valence-electron chi connectivity index (χ2n) is 5.16. The molecule has 2 N–H and O–H groups in total. The van der Waals surface area contributed by atoms with Gasteiger partial charge in [-0.25, -0.2) is 0 Å². The molecular weight excluding hydrogens is 336 g/mol. The van der Waals surface area contributed by atoms with Gasteiger partial charge in [0.25, 0.3) is 0 Å². The molecule has 1 amide bonds. The van der Waals surface area contributed by atoms with Crippen molar-refractivity contribution >= 4 is 17.7 Å². The Morgan fingerprint density at radius 2 is 1.84 bits per heavy atom. The van der Waals surface area contributed by atoms with Gasteiger partial charge in [0.1, 0.15) is 5.75 Å². The van der Waals surface area contributed by atoms with E-state index < -0.39 is 5.91 Å². The second-order valence-corrected chi connectivity index (χ2v) is 6.10. The SMILES string of the molecule is CCOc1ccccc1-c1nnc(SCC(N)=O)n1-c1ccccc1. The molecule has 0 unspecified atom stereocenters. The summed E-state index contributed by atoms with van der Waals surface area (Å²) in [6.07, 6.45) is 0. The van der Waals surface area contributed by atoms with E-state index in [9.17, 15) is 4.79 Å². The molecule has 6 nitrogen and oxygen atoms in total. The molecule has 0 radical (unpaired) electrons. The number of nitrogens with two attached hydrogens (primary N) is 1. The van der Waals surface area contributed by atoms with Crippen molar-refractivity contribution in [2.75, 3.05) is 12.4 Å². The summed E-state index contributed by atoms with van der Waals surface area (Å²) in [4.78, 5) is 11.2. The van der Waals surface area contributed by atoms with Crippen molar-refractivity contribution in [1.82, 2.24) is 14.8 Å². The molecule has 0 bridgehead atoms. The normalized spacial score (nSPS) is 10.6. The minimum atomic E-state index is -0.399. The lowest BCUT2D eigenvalue weighted by atomic mass is 10.2. The number of ether oxygens (including phenoxy) is 1. The molecule has 7 heteroatoms. The summed E-state index contributed by atoms with van der Waals surface area (Å²) < 4.78 is 7.64. The number of carbonyl (C=O) groups excluding carboxylic acids is 1. The van der Waals surface area contributed by atoms with Crippen LogP contribution in [0.25, 0.3) is 17.1 Å². The Labute approximate surface area is 150 Å². The first-order valence-electron chi connectivity index (χ1n) is 7.85. The van der Waals surface area contributed by atoms with Crippen molar-refractivity contribution in [1.29, 1.82) is 0 Å². The van der Waals surface area contributed by atoms with E-state index >= 15 is 0 Å². The second kappa shape index (κ2) is 7.85. The summed E-state index contributed by atoms with van der Waals surface area (Å²) >= 11 is 1.26. The summed E-state index contributed by atoms with van der Waals surface area (Å²) in [5.41, 5.74) is 7.02.